The van der Waals surface area contributed by atoms with Crippen LogP contribution in [-0.4, -0.2) is 48.2 Å². The topological polar surface area (TPSA) is 52.6 Å². The van der Waals surface area contributed by atoms with Gasteiger partial charge in [-0.3, -0.25) is 4.79 Å². The first-order chi connectivity index (χ1) is 7.33. The van der Waals surface area contributed by atoms with Crippen molar-refractivity contribution in [2.45, 2.75) is 31.7 Å². The van der Waals surface area contributed by atoms with Gasteiger partial charge in [-0.05, 0) is 32.2 Å². The largest absolute Gasteiger partial charge is 0.394 e. The van der Waals surface area contributed by atoms with Crippen LogP contribution in [-0.2, 0) is 4.79 Å². The molecule has 2 aliphatic heterocycles. The van der Waals surface area contributed by atoms with Crippen LogP contribution in [0.25, 0.3) is 0 Å². The van der Waals surface area contributed by atoms with Crippen molar-refractivity contribution in [1.29, 1.82) is 0 Å². The van der Waals surface area contributed by atoms with Gasteiger partial charge in [-0.15, -0.1) is 0 Å². The number of hydrogen-bond donors (Lipinski definition) is 2. The maximum absolute atomic E-state index is 12.1. The minimum absolute atomic E-state index is 0.0828. The molecular weight excluding hydrogens is 192 g/mol. The number of aliphatic hydroxyl groups excluding tert-OH is 1. The van der Waals surface area contributed by atoms with Gasteiger partial charge in [0.25, 0.3) is 0 Å². The molecule has 2 N–H and O–H groups in total. The van der Waals surface area contributed by atoms with Crippen LogP contribution in [0.5, 0.6) is 0 Å². The Morgan fingerprint density at radius 1 is 1.40 bits per heavy atom. The van der Waals surface area contributed by atoms with Crippen LogP contribution in [0.15, 0.2) is 0 Å². The van der Waals surface area contributed by atoms with Gasteiger partial charge in [0, 0.05) is 13.1 Å². The van der Waals surface area contributed by atoms with Crippen molar-refractivity contribution >= 4 is 5.91 Å². The summed E-state index contributed by atoms with van der Waals surface area (Å²) < 4.78 is 0. The van der Waals surface area contributed by atoms with Gasteiger partial charge in [0.2, 0.25) is 5.91 Å². The molecule has 2 atom stereocenters. The monoisotopic (exact) mass is 212 g/mol. The molecule has 0 unspecified atom stereocenters. The molecule has 0 aliphatic carbocycles. The summed E-state index contributed by atoms with van der Waals surface area (Å²) in [6.45, 7) is 2.80. The van der Waals surface area contributed by atoms with Crippen molar-refractivity contribution in [2.24, 2.45) is 5.92 Å². The standard InChI is InChI=1S/C11H20N2O2/c14-8-10-4-2-6-13(10)11(15)9-3-1-5-12-7-9/h9-10,12,14H,1-8H2/t9-,10+/m1/s1. The quantitative estimate of drug-likeness (QED) is 0.676. The van der Waals surface area contributed by atoms with Crippen molar-refractivity contribution in [3.63, 3.8) is 0 Å². The van der Waals surface area contributed by atoms with Crippen molar-refractivity contribution < 1.29 is 9.90 Å². The third-order valence-electron chi connectivity index (χ3n) is 3.52. The van der Waals surface area contributed by atoms with E-state index in [1.807, 2.05) is 4.90 Å². The number of nitrogens with one attached hydrogen (secondary N) is 1. The Labute approximate surface area is 90.6 Å². The minimum atomic E-state index is 0.0828. The SMILES string of the molecule is O=C([C@@H]1CCCNC1)N1CCC[C@H]1CO. The fraction of sp³-hybridized carbons (Fsp3) is 0.909. The summed E-state index contributed by atoms with van der Waals surface area (Å²) in [5.41, 5.74) is 0. The van der Waals surface area contributed by atoms with E-state index in [1.165, 1.54) is 0 Å². The van der Waals surface area contributed by atoms with Crippen molar-refractivity contribution in [3.8, 4) is 0 Å². The second-order valence-corrected chi connectivity index (χ2v) is 4.55. The average Bonchev–Trinajstić information content (AvgIpc) is 2.77. The number of rotatable bonds is 2. The van der Waals surface area contributed by atoms with Gasteiger partial charge in [-0.1, -0.05) is 0 Å². The Hall–Kier alpha value is -0.610. The molecule has 0 aromatic carbocycles. The zero-order chi connectivity index (χ0) is 10.7. The summed E-state index contributed by atoms with van der Waals surface area (Å²) in [6.07, 6.45) is 4.09. The van der Waals surface area contributed by atoms with E-state index in [1.54, 1.807) is 0 Å². The van der Waals surface area contributed by atoms with Crippen LogP contribution >= 0.6 is 0 Å². The van der Waals surface area contributed by atoms with E-state index in [4.69, 9.17) is 0 Å². The van der Waals surface area contributed by atoms with Crippen molar-refractivity contribution in [2.75, 3.05) is 26.2 Å². The number of amides is 1. The Balaban J connectivity index is 1.93. The first-order valence-electron chi connectivity index (χ1n) is 5.95. The highest BCUT2D eigenvalue weighted by Gasteiger charge is 2.32. The smallest absolute Gasteiger partial charge is 0.227 e. The summed E-state index contributed by atoms with van der Waals surface area (Å²) in [6, 6.07) is 0.0828. The fourth-order valence-electron chi connectivity index (χ4n) is 2.61. The number of nitrogens with zero attached hydrogens (tertiary/aromatic N) is 1. The lowest BCUT2D eigenvalue weighted by molar-refractivity contribution is -0.137. The molecule has 2 heterocycles. The predicted octanol–water partition coefficient (Wildman–Crippen LogP) is -0.0307. The third kappa shape index (κ3) is 2.32. The highest BCUT2D eigenvalue weighted by Crippen LogP contribution is 2.22. The van der Waals surface area contributed by atoms with Gasteiger partial charge >= 0.3 is 0 Å². The predicted molar refractivity (Wildman–Crippen MR) is 57.4 cm³/mol. The summed E-state index contributed by atoms with van der Waals surface area (Å²) in [4.78, 5) is 14.0. The average molecular weight is 212 g/mol. The molecule has 0 spiro atoms. The zero-order valence-corrected chi connectivity index (χ0v) is 9.11. The molecule has 15 heavy (non-hydrogen) atoms. The Morgan fingerprint density at radius 3 is 2.93 bits per heavy atom. The van der Waals surface area contributed by atoms with E-state index >= 15 is 0 Å². The molecule has 4 nitrogen and oxygen atoms in total. The molecule has 0 bridgehead atoms. The normalized spacial score (nSPS) is 31.9. The van der Waals surface area contributed by atoms with Crippen LogP contribution in [0, 0.1) is 5.92 Å². The zero-order valence-electron chi connectivity index (χ0n) is 9.11. The minimum Gasteiger partial charge on any atom is -0.394 e. The van der Waals surface area contributed by atoms with Gasteiger partial charge in [0.1, 0.15) is 0 Å². The first-order valence-corrected chi connectivity index (χ1v) is 5.95. The fourth-order valence-corrected chi connectivity index (χ4v) is 2.61. The van der Waals surface area contributed by atoms with Gasteiger partial charge in [0.15, 0.2) is 0 Å². The van der Waals surface area contributed by atoms with Crippen LogP contribution in [0.2, 0.25) is 0 Å². The molecule has 2 fully saturated rings. The molecule has 4 heteroatoms. The van der Waals surface area contributed by atoms with Gasteiger partial charge in [0.05, 0.1) is 18.6 Å². The molecule has 0 aromatic heterocycles. The molecular formula is C11H20N2O2. The van der Waals surface area contributed by atoms with Crippen LogP contribution in [0.1, 0.15) is 25.7 Å². The number of piperidine rings is 1. The van der Waals surface area contributed by atoms with E-state index in [9.17, 15) is 9.90 Å². The van der Waals surface area contributed by atoms with E-state index in [-0.39, 0.29) is 24.5 Å². The number of hydrogen-bond acceptors (Lipinski definition) is 3. The summed E-state index contributed by atoms with van der Waals surface area (Å²) in [5, 5.41) is 12.4. The lowest BCUT2D eigenvalue weighted by atomic mass is 9.98. The lowest BCUT2D eigenvalue weighted by Gasteiger charge is -2.30. The molecule has 1 amide bonds. The summed E-state index contributed by atoms with van der Waals surface area (Å²) >= 11 is 0. The molecule has 86 valence electrons. The molecule has 2 rings (SSSR count). The van der Waals surface area contributed by atoms with E-state index in [2.05, 4.69) is 5.32 Å². The Morgan fingerprint density at radius 2 is 2.27 bits per heavy atom. The summed E-state index contributed by atoms with van der Waals surface area (Å²) in [7, 11) is 0. The number of carbonyl (C=O) groups excluding carboxylic acids is 1. The lowest BCUT2D eigenvalue weighted by Crippen LogP contribution is -2.45. The molecule has 2 aliphatic rings. The van der Waals surface area contributed by atoms with Gasteiger partial charge in [-0.25, -0.2) is 0 Å². The van der Waals surface area contributed by atoms with Crippen LogP contribution < -0.4 is 5.32 Å². The molecule has 0 saturated carbocycles. The number of aliphatic hydroxyl groups is 1. The Kier molecular flexibility index (Phi) is 3.59. The second kappa shape index (κ2) is 4.94. The third-order valence-corrected chi connectivity index (χ3v) is 3.52. The van der Waals surface area contributed by atoms with Crippen molar-refractivity contribution in [1.82, 2.24) is 10.2 Å². The van der Waals surface area contributed by atoms with Crippen LogP contribution in [0.3, 0.4) is 0 Å². The maximum Gasteiger partial charge on any atom is 0.227 e. The van der Waals surface area contributed by atoms with E-state index in [0.717, 1.165) is 45.3 Å². The van der Waals surface area contributed by atoms with Crippen LogP contribution in [0.4, 0.5) is 0 Å². The maximum atomic E-state index is 12.1. The number of carbonyl (C=O) groups is 1. The van der Waals surface area contributed by atoms with Gasteiger partial charge in [-0.2, -0.15) is 0 Å². The summed E-state index contributed by atoms with van der Waals surface area (Å²) in [5.74, 6) is 0.393. The van der Waals surface area contributed by atoms with E-state index in [0.29, 0.717) is 0 Å². The van der Waals surface area contributed by atoms with Crippen molar-refractivity contribution in [3.05, 3.63) is 0 Å². The van der Waals surface area contributed by atoms with Gasteiger partial charge < -0.3 is 15.3 Å². The Bertz CT molecular complexity index is 227. The molecule has 2 saturated heterocycles. The first kappa shape index (κ1) is 10.9. The highest BCUT2D eigenvalue weighted by molar-refractivity contribution is 5.79. The number of likely N-dealkylation sites (tertiary alicyclic amines) is 1. The van der Waals surface area contributed by atoms with E-state index < -0.39 is 0 Å². The molecule has 0 radical (unpaired) electrons. The molecule has 0 aromatic rings. The highest BCUT2D eigenvalue weighted by atomic mass is 16.3. The second-order valence-electron chi connectivity index (χ2n) is 4.55.